The lowest BCUT2D eigenvalue weighted by Gasteiger charge is -2.23. The van der Waals surface area contributed by atoms with Crippen LogP contribution < -0.4 is 18.9 Å². The van der Waals surface area contributed by atoms with Gasteiger partial charge in [-0.1, -0.05) is 18.2 Å². The van der Waals surface area contributed by atoms with Crippen LogP contribution in [0.1, 0.15) is 12.5 Å². The van der Waals surface area contributed by atoms with Crippen molar-refractivity contribution in [3.63, 3.8) is 0 Å². The molecule has 1 N–H and O–H groups in total. The van der Waals surface area contributed by atoms with Crippen molar-refractivity contribution in [3.05, 3.63) is 53.6 Å². The highest BCUT2D eigenvalue weighted by Crippen LogP contribution is 2.32. The van der Waals surface area contributed by atoms with Gasteiger partial charge in [0.25, 0.3) is 5.91 Å². The maximum atomic E-state index is 12.6. The van der Waals surface area contributed by atoms with E-state index in [0.717, 1.165) is 23.1 Å². The summed E-state index contributed by atoms with van der Waals surface area (Å²) >= 11 is 0.740. The molecule has 2 heterocycles. The van der Waals surface area contributed by atoms with E-state index in [1.165, 1.54) is 6.08 Å². The standard InChI is InChI=1S/C24H24N4O7S2/c1-4-33-20-14-15(9-10-19(20)35-12-11-34-18-8-6-5-7-17(18)32-2)13-16-21(25)28-23(26-22(16)29)36-27-24(28)37(3,30)31/h5-10,13-14,25H,4,11-12H2,1-3H3/b16-13-,25-21?. The van der Waals surface area contributed by atoms with Gasteiger partial charge in [0, 0.05) is 6.26 Å². The lowest BCUT2D eigenvalue weighted by molar-refractivity contribution is -0.114. The van der Waals surface area contributed by atoms with E-state index in [-0.39, 0.29) is 35.0 Å². The first-order valence-electron chi connectivity index (χ1n) is 11.1. The van der Waals surface area contributed by atoms with Crippen LogP contribution in [0.3, 0.4) is 0 Å². The van der Waals surface area contributed by atoms with E-state index >= 15 is 0 Å². The van der Waals surface area contributed by atoms with Crippen LogP contribution in [0.5, 0.6) is 23.0 Å². The Kier molecular flexibility index (Phi) is 7.83. The number of benzene rings is 2. The van der Waals surface area contributed by atoms with Crippen molar-refractivity contribution < 1.29 is 32.2 Å². The highest BCUT2D eigenvalue weighted by atomic mass is 32.2. The van der Waals surface area contributed by atoms with Gasteiger partial charge in [-0.25, -0.2) is 13.3 Å². The Bertz CT molecular complexity index is 1430. The summed E-state index contributed by atoms with van der Waals surface area (Å²) in [6.45, 7) is 2.70. The molecule has 0 radical (unpaired) electrons. The number of amides is 1. The van der Waals surface area contributed by atoms with Gasteiger partial charge >= 0.3 is 0 Å². The molecule has 0 fully saturated rings. The van der Waals surface area contributed by atoms with E-state index < -0.39 is 15.7 Å². The minimum atomic E-state index is -3.73. The van der Waals surface area contributed by atoms with E-state index in [4.69, 9.17) is 24.4 Å². The molecule has 2 aliphatic heterocycles. The number of carbonyl (C=O) groups is 1. The van der Waals surface area contributed by atoms with Crippen LogP contribution in [0.4, 0.5) is 0 Å². The highest BCUT2D eigenvalue weighted by Gasteiger charge is 2.41. The molecule has 2 aromatic carbocycles. The van der Waals surface area contributed by atoms with E-state index in [2.05, 4.69) is 9.39 Å². The van der Waals surface area contributed by atoms with E-state index in [0.29, 0.717) is 35.2 Å². The SMILES string of the molecule is CCOc1cc(/C=C2/C(=N)N3C(=NC2=O)SN=C3S(C)(=O)=O)ccc1OCCOc1ccccc1OC. The average molecular weight is 545 g/mol. The molecule has 37 heavy (non-hydrogen) atoms. The van der Waals surface area contributed by atoms with Crippen LogP contribution in [0, 0.1) is 5.41 Å². The van der Waals surface area contributed by atoms with Gasteiger partial charge in [0.2, 0.25) is 20.2 Å². The second-order valence-corrected chi connectivity index (χ2v) is 10.3. The first-order valence-corrected chi connectivity index (χ1v) is 13.7. The first kappa shape index (κ1) is 26.2. The summed E-state index contributed by atoms with van der Waals surface area (Å²) in [5.41, 5.74) is 0.460. The summed E-state index contributed by atoms with van der Waals surface area (Å²) in [6, 6.07) is 12.3. The number of carbonyl (C=O) groups excluding carboxylic acids is 1. The maximum Gasteiger partial charge on any atom is 0.283 e. The predicted molar refractivity (Wildman–Crippen MR) is 141 cm³/mol. The molecule has 2 aliphatic rings. The number of fused-ring (bicyclic) bond motifs is 1. The van der Waals surface area contributed by atoms with Crippen LogP contribution in [0.15, 0.2) is 57.4 Å². The number of para-hydroxylation sites is 2. The van der Waals surface area contributed by atoms with Crippen molar-refractivity contribution >= 4 is 49.9 Å². The minimum Gasteiger partial charge on any atom is -0.493 e. The van der Waals surface area contributed by atoms with Crippen molar-refractivity contribution in [2.45, 2.75) is 6.92 Å². The molecule has 13 heteroatoms. The molecule has 0 atom stereocenters. The van der Waals surface area contributed by atoms with Crippen molar-refractivity contribution in [2.75, 3.05) is 33.2 Å². The van der Waals surface area contributed by atoms with Crippen LogP contribution in [-0.2, 0) is 14.6 Å². The largest absolute Gasteiger partial charge is 0.493 e. The predicted octanol–water partition coefficient (Wildman–Crippen LogP) is 3.17. The number of hydrogen-bond acceptors (Lipinski definition) is 10. The minimum absolute atomic E-state index is 0.0293. The Hall–Kier alpha value is -3.84. The van der Waals surface area contributed by atoms with Crippen LogP contribution in [0.2, 0.25) is 0 Å². The monoisotopic (exact) mass is 544 g/mol. The Morgan fingerprint density at radius 3 is 2.35 bits per heavy atom. The molecule has 194 valence electrons. The van der Waals surface area contributed by atoms with E-state index in [9.17, 15) is 13.2 Å². The average Bonchev–Trinajstić information content (AvgIpc) is 3.30. The van der Waals surface area contributed by atoms with Crippen molar-refractivity contribution in [1.82, 2.24) is 4.90 Å². The number of methoxy groups -OCH3 is 1. The molecule has 0 saturated carbocycles. The Morgan fingerprint density at radius 1 is 1.03 bits per heavy atom. The van der Waals surface area contributed by atoms with Gasteiger partial charge in [-0.2, -0.15) is 9.39 Å². The van der Waals surface area contributed by atoms with Crippen molar-refractivity contribution in [3.8, 4) is 23.0 Å². The van der Waals surface area contributed by atoms with Crippen molar-refractivity contribution in [2.24, 2.45) is 9.39 Å². The molecule has 2 aromatic rings. The maximum absolute atomic E-state index is 12.6. The number of rotatable bonds is 9. The molecule has 0 unspecified atom stereocenters. The molecule has 4 rings (SSSR count). The van der Waals surface area contributed by atoms with E-state index in [1.54, 1.807) is 37.4 Å². The van der Waals surface area contributed by atoms with Crippen LogP contribution in [-0.4, -0.2) is 68.6 Å². The second kappa shape index (κ2) is 11.0. The molecule has 0 saturated heterocycles. The zero-order valence-corrected chi connectivity index (χ0v) is 21.9. The summed E-state index contributed by atoms with van der Waals surface area (Å²) in [5.74, 6) is 1.14. The first-order chi connectivity index (χ1) is 17.7. The smallest absolute Gasteiger partial charge is 0.283 e. The molecular weight excluding hydrogens is 520 g/mol. The van der Waals surface area contributed by atoms with E-state index in [1.807, 2.05) is 19.1 Å². The molecule has 0 spiro atoms. The fourth-order valence-corrected chi connectivity index (χ4v) is 5.29. The third-order valence-corrected chi connectivity index (χ3v) is 6.83. The fourth-order valence-electron chi connectivity index (χ4n) is 3.45. The summed E-state index contributed by atoms with van der Waals surface area (Å²) in [7, 11) is -2.16. The molecular formula is C24H24N4O7S2. The van der Waals surface area contributed by atoms with Gasteiger partial charge in [-0.15, -0.1) is 0 Å². The number of sulfone groups is 1. The van der Waals surface area contributed by atoms with Gasteiger partial charge in [0.1, 0.15) is 19.0 Å². The molecule has 0 bridgehead atoms. The number of ether oxygens (including phenoxy) is 4. The van der Waals surface area contributed by atoms with Gasteiger partial charge in [0.15, 0.2) is 23.0 Å². The Balaban J connectivity index is 1.50. The second-order valence-electron chi connectivity index (χ2n) is 7.67. The van der Waals surface area contributed by atoms with Gasteiger partial charge in [-0.3, -0.25) is 10.2 Å². The lowest BCUT2D eigenvalue weighted by Crippen LogP contribution is -2.45. The normalized spacial score (nSPS) is 16.3. The van der Waals surface area contributed by atoms with Crippen LogP contribution >= 0.6 is 11.9 Å². The zero-order valence-electron chi connectivity index (χ0n) is 20.3. The third kappa shape index (κ3) is 5.78. The number of nitrogens with zero attached hydrogens (tertiary/aromatic N) is 3. The molecule has 1 amide bonds. The lowest BCUT2D eigenvalue weighted by atomic mass is 10.1. The molecule has 0 aliphatic carbocycles. The molecule has 11 nitrogen and oxygen atoms in total. The number of aliphatic imine (C=N–C) groups is 1. The summed E-state index contributed by atoms with van der Waals surface area (Å²) in [4.78, 5) is 17.6. The number of amidine groups is 3. The van der Waals surface area contributed by atoms with Crippen molar-refractivity contribution in [1.29, 1.82) is 5.41 Å². The topological polar surface area (TPSA) is 140 Å². The van der Waals surface area contributed by atoms with Gasteiger partial charge in [-0.05, 0) is 42.8 Å². The van der Waals surface area contributed by atoms with Gasteiger partial charge < -0.3 is 18.9 Å². The summed E-state index contributed by atoms with van der Waals surface area (Å²) in [5, 5.41) is 8.16. The Morgan fingerprint density at radius 2 is 1.70 bits per heavy atom. The summed E-state index contributed by atoms with van der Waals surface area (Å²) < 4.78 is 50.5. The number of hydrogen-bond donors (Lipinski definition) is 1. The Labute approximate surface area is 218 Å². The third-order valence-electron chi connectivity index (χ3n) is 5.07. The van der Waals surface area contributed by atoms with Gasteiger partial charge in [0.05, 0.1) is 31.2 Å². The number of nitrogens with one attached hydrogen (secondary N) is 1. The summed E-state index contributed by atoms with van der Waals surface area (Å²) in [6.07, 6.45) is 2.43. The quantitative estimate of drug-likeness (QED) is 0.286. The zero-order chi connectivity index (χ0) is 26.6. The van der Waals surface area contributed by atoms with Crippen LogP contribution in [0.25, 0.3) is 6.08 Å². The fraction of sp³-hybridized carbons (Fsp3) is 0.250. The molecule has 0 aromatic heterocycles. The highest BCUT2D eigenvalue weighted by molar-refractivity contribution is 8.16.